The average molecular weight is 392 g/mol. The van der Waals surface area contributed by atoms with Crippen LogP contribution in [0.4, 0.5) is 5.69 Å². The van der Waals surface area contributed by atoms with Crippen molar-refractivity contribution in [1.29, 1.82) is 0 Å². The summed E-state index contributed by atoms with van der Waals surface area (Å²) in [6, 6.07) is 5.63. The minimum absolute atomic E-state index is 0. The second-order valence-electron chi connectivity index (χ2n) is 6.57. The third-order valence-electron chi connectivity index (χ3n) is 4.82. The molecular weight excluding hydrogens is 366 g/mol. The van der Waals surface area contributed by atoms with Gasteiger partial charge in [-0.25, -0.2) is 0 Å². The molecule has 0 aliphatic carbocycles. The number of halogens is 1. The van der Waals surface area contributed by atoms with Gasteiger partial charge in [0.2, 0.25) is 11.8 Å². The predicted octanol–water partition coefficient (Wildman–Crippen LogP) is 1.91. The van der Waals surface area contributed by atoms with Crippen molar-refractivity contribution in [3.8, 4) is 0 Å². The van der Waals surface area contributed by atoms with Crippen molar-refractivity contribution in [2.24, 2.45) is 7.05 Å². The number of rotatable bonds is 7. The molecule has 2 aromatic rings. The minimum Gasteiger partial charge on any atom is -0.354 e. The third kappa shape index (κ3) is 4.48. The highest BCUT2D eigenvalue weighted by atomic mass is 35.5. The third-order valence-corrected chi connectivity index (χ3v) is 4.82. The average Bonchev–Trinajstić information content (AvgIpc) is 3.18. The predicted molar refractivity (Wildman–Crippen MR) is 107 cm³/mol. The van der Waals surface area contributed by atoms with Gasteiger partial charge in [-0.3, -0.25) is 14.3 Å². The maximum absolute atomic E-state index is 12.5. The van der Waals surface area contributed by atoms with E-state index in [-0.39, 0.29) is 30.1 Å². The summed E-state index contributed by atoms with van der Waals surface area (Å²) >= 11 is 0. The molecule has 0 saturated heterocycles. The largest absolute Gasteiger partial charge is 0.354 e. The standard InChI is InChI=1S/C19H25N5O2.ClH/c1-4-12-5-6-16-15(9-12)14(18(25)23-16)7-8-21-19(26)17(20-2)13-10-22-24(3)11-13;/h5-6,9-11,14,17,20H,4,7-8H2,1-3H3,(H,21,26)(H,23,25);1H. The lowest BCUT2D eigenvalue weighted by Crippen LogP contribution is -2.37. The summed E-state index contributed by atoms with van der Waals surface area (Å²) in [7, 11) is 3.55. The molecule has 0 radical (unpaired) electrons. The topological polar surface area (TPSA) is 88.1 Å². The Balaban J connectivity index is 0.00000261. The zero-order valence-electron chi connectivity index (χ0n) is 15.8. The lowest BCUT2D eigenvalue weighted by Gasteiger charge is -2.16. The van der Waals surface area contributed by atoms with Gasteiger partial charge in [0.25, 0.3) is 0 Å². The van der Waals surface area contributed by atoms with E-state index in [1.54, 1.807) is 17.9 Å². The molecule has 1 aliphatic heterocycles. The molecule has 7 nitrogen and oxygen atoms in total. The first-order valence-electron chi connectivity index (χ1n) is 8.90. The molecule has 0 fully saturated rings. The van der Waals surface area contributed by atoms with E-state index in [9.17, 15) is 9.59 Å². The van der Waals surface area contributed by atoms with Gasteiger partial charge in [0.1, 0.15) is 6.04 Å². The molecular formula is C19H26ClN5O2. The number of carbonyl (C=O) groups is 2. The highest BCUT2D eigenvalue weighted by Gasteiger charge is 2.30. The van der Waals surface area contributed by atoms with Crippen molar-refractivity contribution in [2.75, 3.05) is 18.9 Å². The summed E-state index contributed by atoms with van der Waals surface area (Å²) < 4.78 is 1.66. The maximum atomic E-state index is 12.5. The summed E-state index contributed by atoms with van der Waals surface area (Å²) in [5.74, 6) is -0.343. The Morgan fingerprint density at radius 2 is 2.19 bits per heavy atom. The number of hydrogen-bond acceptors (Lipinski definition) is 4. The van der Waals surface area contributed by atoms with E-state index in [2.05, 4.69) is 34.0 Å². The number of hydrogen-bond donors (Lipinski definition) is 3. The van der Waals surface area contributed by atoms with Gasteiger partial charge in [0.15, 0.2) is 0 Å². The fourth-order valence-electron chi connectivity index (χ4n) is 3.36. The highest BCUT2D eigenvalue weighted by Crippen LogP contribution is 2.35. The van der Waals surface area contributed by atoms with Gasteiger partial charge < -0.3 is 16.0 Å². The van der Waals surface area contributed by atoms with Gasteiger partial charge >= 0.3 is 0 Å². The van der Waals surface area contributed by atoms with Gasteiger partial charge in [-0.15, -0.1) is 12.4 Å². The van der Waals surface area contributed by atoms with Crippen molar-refractivity contribution in [2.45, 2.75) is 31.7 Å². The monoisotopic (exact) mass is 391 g/mol. The first-order chi connectivity index (χ1) is 12.5. The van der Waals surface area contributed by atoms with Crippen molar-refractivity contribution in [1.82, 2.24) is 20.4 Å². The van der Waals surface area contributed by atoms with Crippen LogP contribution in [0.2, 0.25) is 0 Å². The number of fused-ring (bicyclic) bond motifs is 1. The Morgan fingerprint density at radius 3 is 2.81 bits per heavy atom. The Hall–Kier alpha value is -2.38. The smallest absolute Gasteiger partial charge is 0.241 e. The van der Waals surface area contributed by atoms with Crippen LogP contribution in [0.1, 0.15) is 42.0 Å². The molecule has 1 aromatic carbocycles. The van der Waals surface area contributed by atoms with Gasteiger partial charge in [0.05, 0.1) is 12.1 Å². The van der Waals surface area contributed by atoms with E-state index in [4.69, 9.17) is 0 Å². The summed E-state index contributed by atoms with van der Waals surface area (Å²) in [6.07, 6.45) is 4.99. The minimum atomic E-state index is -0.458. The van der Waals surface area contributed by atoms with E-state index in [1.165, 1.54) is 5.56 Å². The van der Waals surface area contributed by atoms with Crippen molar-refractivity contribution < 1.29 is 9.59 Å². The number of aryl methyl sites for hydroxylation is 2. The molecule has 2 amide bonds. The lowest BCUT2D eigenvalue weighted by molar-refractivity contribution is -0.123. The molecule has 0 bridgehead atoms. The molecule has 3 rings (SSSR count). The number of likely N-dealkylation sites (N-methyl/N-ethyl adjacent to an activating group) is 1. The molecule has 2 heterocycles. The van der Waals surface area contributed by atoms with Crippen molar-refractivity contribution in [3.05, 3.63) is 47.3 Å². The molecule has 8 heteroatoms. The molecule has 1 aromatic heterocycles. The second kappa shape index (κ2) is 9.01. The number of nitrogens with one attached hydrogen (secondary N) is 3. The summed E-state index contributed by atoms with van der Waals surface area (Å²) in [5, 5.41) is 13.0. The van der Waals surface area contributed by atoms with Gasteiger partial charge in [-0.05, 0) is 37.1 Å². The number of benzene rings is 1. The summed E-state index contributed by atoms with van der Waals surface area (Å²) in [6.45, 7) is 2.53. The SMILES string of the molecule is CCc1ccc2c(c1)C(CCNC(=O)C(NC)c1cnn(C)c1)C(=O)N2.Cl. The van der Waals surface area contributed by atoms with E-state index >= 15 is 0 Å². The van der Waals surface area contributed by atoms with E-state index in [0.29, 0.717) is 13.0 Å². The van der Waals surface area contributed by atoms with Crippen molar-refractivity contribution >= 4 is 29.9 Å². The van der Waals surface area contributed by atoms with Crippen LogP contribution in [0, 0.1) is 0 Å². The van der Waals surface area contributed by atoms with Crippen LogP contribution in [0.25, 0.3) is 0 Å². The van der Waals surface area contributed by atoms with Gasteiger partial charge in [-0.1, -0.05) is 19.1 Å². The molecule has 27 heavy (non-hydrogen) atoms. The van der Waals surface area contributed by atoms with E-state index in [1.807, 2.05) is 25.4 Å². The van der Waals surface area contributed by atoms with E-state index in [0.717, 1.165) is 23.2 Å². The van der Waals surface area contributed by atoms with Crippen molar-refractivity contribution in [3.63, 3.8) is 0 Å². The maximum Gasteiger partial charge on any atom is 0.241 e. The zero-order valence-corrected chi connectivity index (χ0v) is 16.6. The number of aromatic nitrogens is 2. The zero-order chi connectivity index (χ0) is 18.7. The van der Waals surface area contributed by atoms with Crippen LogP contribution in [0.5, 0.6) is 0 Å². The van der Waals surface area contributed by atoms with Gasteiger partial charge in [-0.2, -0.15) is 5.10 Å². The van der Waals surface area contributed by atoms with Crippen LogP contribution in [-0.4, -0.2) is 35.2 Å². The Labute approximate surface area is 165 Å². The lowest BCUT2D eigenvalue weighted by atomic mass is 9.95. The van der Waals surface area contributed by atoms with Crippen LogP contribution in [0.3, 0.4) is 0 Å². The molecule has 2 unspecified atom stereocenters. The van der Waals surface area contributed by atoms with E-state index < -0.39 is 6.04 Å². The Kier molecular flexibility index (Phi) is 6.98. The fraction of sp³-hybridized carbons (Fsp3) is 0.421. The number of anilines is 1. The number of nitrogens with zero attached hydrogens (tertiary/aromatic N) is 2. The molecule has 1 aliphatic rings. The number of carbonyl (C=O) groups excluding carboxylic acids is 2. The Bertz CT molecular complexity index is 820. The number of amides is 2. The fourth-order valence-corrected chi connectivity index (χ4v) is 3.36. The quantitative estimate of drug-likeness (QED) is 0.672. The molecule has 3 N–H and O–H groups in total. The van der Waals surface area contributed by atoms with Crippen LogP contribution in [-0.2, 0) is 23.1 Å². The molecule has 146 valence electrons. The van der Waals surface area contributed by atoms with Crippen LogP contribution >= 0.6 is 12.4 Å². The summed E-state index contributed by atoms with van der Waals surface area (Å²) in [4.78, 5) is 24.7. The second-order valence-corrected chi connectivity index (χ2v) is 6.57. The normalized spacial score (nSPS) is 16.3. The first kappa shape index (κ1) is 20.9. The first-order valence-corrected chi connectivity index (χ1v) is 8.90. The van der Waals surface area contributed by atoms with Gasteiger partial charge in [0, 0.05) is 31.0 Å². The molecule has 0 saturated carbocycles. The summed E-state index contributed by atoms with van der Waals surface area (Å²) in [5.41, 5.74) is 3.93. The molecule has 2 atom stereocenters. The highest BCUT2D eigenvalue weighted by molar-refractivity contribution is 6.03. The van der Waals surface area contributed by atoms with Crippen LogP contribution < -0.4 is 16.0 Å². The molecule has 0 spiro atoms. The Morgan fingerprint density at radius 1 is 1.41 bits per heavy atom. The van der Waals surface area contributed by atoms with Crippen LogP contribution in [0.15, 0.2) is 30.6 Å².